The summed E-state index contributed by atoms with van der Waals surface area (Å²) in [6.07, 6.45) is 7.58. The molecular weight excluding hydrogens is 358 g/mol. The predicted molar refractivity (Wildman–Crippen MR) is 107 cm³/mol. The molecule has 0 spiro atoms. The number of para-hydroxylation sites is 1. The second kappa shape index (κ2) is 7.88. The molecule has 1 aliphatic rings. The number of pyridine rings is 1. The van der Waals surface area contributed by atoms with E-state index in [0.717, 1.165) is 28.9 Å². The lowest BCUT2D eigenvalue weighted by Crippen LogP contribution is -2.34. The first-order valence-electron chi connectivity index (χ1n) is 9.01. The number of allylic oxidation sites excluding steroid dienone is 2. The van der Waals surface area contributed by atoms with Crippen LogP contribution in [0.5, 0.6) is 5.88 Å². The number of nitrogens with one attached hydrogen (secondary N) is 1. The fourth-order valence-electron chi connectivity index (χ4n) is 3.38. The highest BCUT2D eigenvalue weighted by atomic mass is 32.1. The molecule has 1 aliphatic carbocycles. The Hall–Kier alpha value is -2.73. The summed E-state index contributed by atoms with van der Waals surface area (Å²) in [5, 5.41) is 4.11. The maximum atomic E-state index is 12.9. The molecule has 2 aromatic heterocycles. The van der Waals surface area contributed by atoms with Crippen LogP contribution in [0.3, 0.4) is 0 Å². The molecule has 0 fully saturated rings. The maximum absolute atomic E-state index is 12.9. The van der Waals surface area contributed by atoms with Gasteiger partial charge >= 0.3 is 0 Å². The van der Waals surface area contributed by atoms with Gasteiger partial charge in [-0.15, -0.1) is 11.3 Å². The topological polar surface area (TPSA) is 64.1 Å². The molecule has 5 nitrogen and oxygen atoms in total. The smallest absolute Gasteiger partial charge is 0.224 e. The van der Waals surface area contributed by atoms with Gasteiger partial charge in [-0.1, -0.05) is 30.4 Å². The minimum absolute atomic E-state index is 0.0689. The Labute approximate surface area is 162 Å². The van der Waals surface area contributed by atoms with Gasteiger partial charge in [0.1, 0.15) is 0 Å². The number of fused-ring (bicyclic) bond motifs is 1. The molecule has 6 heteroatoms. The van der Waals surface area contributed by atoms with E-state index in [-0.39, 0.29) is 17.7 Å². The summed E-state index contributed by atoms with van der Waals surface area (Å²) in [6.45, 7) is 0.461. The van der Waals surface area contributed by atoms with Crippen LogP contribution in [0.4, 0.5) is 0 Å². The fourth-order valence-corrected chi connectivity index (χ4v) is 4.53. The number of aromatic nitrogens is 2. The van der Waals surface area contributed by atoms with E-state index in [2.05, 4.69) is 28.5 Å². The fraction of sp³-hybridized carbons (Fsp3) is 0.286. The molecule has 0 radical (unpaired) electrons. The van der Waals surface area contributed by atoms with E-state index in [0.29, 0.717) is 12.4 Å². The monoisotopic (exact) mass is 379 g/mol. The number of carbonyl (C=O) groups excluding carboxylic acids is 1. The lowest BCUT2D eigenvalue weighted by atomic mass is 9.82. The molecule has 4 rings (SSSR count). The molecule has 1 N–H and O–H groups in total. The number of ether oxygens (including phenoxy) is 1. The molecule has 27 heavy (non-hydrogen) atoms. The van der Waals surface area contributed by atoms with Gasteiger partial charge in [0.15, 0.2) is 0 Å². The van der Waals surface area contributed by atoms with E-state index in [1.165, 1.54) is 4.70 Å². The van der Waals surface area contributed by atoms with Crippen LogP contribution in [0.2, 0.25) is 0 Å². The molecule has 2 unspecified atom stereocenters. The molecule has 1 amide bonds. The first kappa shape index (κ1) is 17.7. The highest BCUT2D eigenvalue weighted by molar-refractivity contribution is 7.18. The largest absolute Gasteiger partial charge is 0.481 e. The minimum atomic E-state index is -0.0956. The van der Waals surface area contributed by atoms with Gasteiger partial charge in [0.25, 0.3) is 0 Å². The molecule has 138 valence electrons. The molecule has 0 saturated heterocycles. The zero-order valence-corrected chi connectivity index (χ0v) is 15.9. The number of thiazole rings is 1. The molecule has 1 aromatic carbocycles. The van der Waals surface area contributed by atoms with Crippen LogP contribution in [-0.4, -0.2) is 23.0 Å². The highest BCUT2D eigenvalue weighted by Crippen LogP contribution is 2.38. The van der Waals surface area contributed by atoms with Crippen LogP contribution in [0.25, 0.3) is 10.2 Å². The number of hydrogen-bond acceptors (Lipinski definition) is 5. The van der Waals surface area contributed by atoms with Crippen LogP contribution in [0.1, 0.15) is 29.3 Å². The number of rotatable bonds is 5. The number of nitrogens with zero attached hydrogens (tertiary/aromatic N) is 2. The van der Waals surface area contributed by atoms with E-state index < -0.39 is 0 Å². The molecule has 0 bridgehead atoms. The Morgan fingerprint density at radius 3 is 2.85 bits per heavy atom. The summed E-state index contributed by atoms with van der Waals surface area (Å²) < 4.78 is 6.24. The molecule has 2 atom stereocenters. The number of carbonyl (C=O) groups is 1. The summed E-state index contributed by atoms with van der Waals surface area (Å²) in [4.78, 5) is 21.8. The number of benzene rings is 1. The van der Waals surface area contributed by atoms with Gasteiger partial charge in [0.2, 0.25) is 11.8 Å². The van der Waals surface area contributed by atoms with E-state index >= 15 is 0 Å². The van der Waals surface area contributed by atoms with E-state index in [1.54, 1.807) is 30.7 Å². The molecule has 0 saturated carbocycles. The van der Waals surface area contributed by atoms with Gasteiger partial charge in [0.05, 0.1) is 28.3 Å². The Balaban J connectivity index is 1.48. The zero-order valence-electron chi connectivity index (χ0n) is 15.1. The normalized spacial score (nSPS) is 19.1. The van der Waals surface area contributed by atoms with Gasteiger partial charge in [-0.3, -0.25) is 4.79 Å². The molecule has 3 aromatic rings. The third-order valence-electron chi connectivity index (χ3n) is 4.87. The molecule has 0 aliphatic heterocycles. The average Bonchev–Trinajstić information content (AvgIpc) is 3.16. The average molecular weight is 379 g/mol. The third kappa shape index (κ3) is 3.85. The predicted octanol–water partition coefficient (Wildman–Crippen LogP) is 4.07. The number of amides is 1. The van der Waals surface area contributed by atoms with Crippen LogP contribution < -0.4 is 10.1 Å². The molecule has 2 heterocycles. The lowest BCUT2D eigenvalue weighted by Gasteiger charge is -2.26. The number of methoxy groups -OCH3 is 1. The highest BCUT2D eigenvalue weighted by Gasteiger charge is 2.32. The van der Waals surface area contributed by atoms with Gasteiger partial charge in [-0.2, -0.15) is 0 Å². The minimum Gasteiger partial charge on any atom is -0.481 e. The quantitative estimate of drug-likeness (QED) is 0.679. The first-order chi connectivity index (χ1) is 13.2. The molecular formula is C21H21N3O2S. The summed E-state index contributed by atoms with van der Waals surface area (Å²) >= 11 is 1.69. The summed E-state index contributed by atoms with van der Waals surface area (Å²) in [5.41, 5.74) is 1.96. The summed E-state index contributed by atoms with van der Waals surface area (Å²) in [6, 6.07) is 11.9. The van der Waals surface area contributed by atoms with Crippen LogP contribution in [-0.2, 0) is 11.3 Å². The summed E-state index contributed by atoms with van der Waals surface area (Å²) in [5.74, 6) is 0.668. The Kier molecular flexibility index (Phi) is 5.16. The van der Waals surface area contributed by atoms with Crippen molar-refractivity contribution >= 4 is 27.5 Å². The standard InChI is InChI=1S/C21H21N3O2S/c1-26-19-11-10-14(12-22-19)13-23-20(25)15-6-2-3-7-16(15)21-24-17-8-4-5-9-18(17)27-21/h2-5,8-12,15-16H,6-7,13H2,1H3,(H,23,25). The van der Waals surface area contributed by atoms with Crippen molar-refractivity contribution in [3.8, 4) is 5.88 Å². The lowest BCUT2D eigenvalue weighted by molar-refractivity contribution is -0.125. The van der Waals surface area contributed by atoms with Crippen molar-refractivity contribution in [2.45, 2.75) is 25.3 Å². The Morgan fingerprint density at radius 2 is 2.07 bits per heavy atom. The van der Waals surface area contributed by atoms with E-state index in [9.17, 15) is 4.79 Å². The van der Waals surface area contributed by atoms with E-state index in [1.807, 2.05) is 24.3 Å². The Bertz CT molecular complexity index is 932. The van der Waals surface area contributed by atoms with E-state index in [4.69, 9.17) is 9.72 Å². The summed E-state index contributed by atoms with van der Waals surface area (Å²) in [7, 11) is 1.59. The van der Waals surface area contributed by atoms with Crippen molar-refractivity contribution in [3.05, 3.63) is 65.3 Å². The van der Waals surface area contributed by atoms with Gasteiger partial charge in [0, 0.05) is 24.7 Å². The van der Waals surface area contributed by atoms with Crippen molar-refractivity contribution in [1.82, 2.24) is 15.3 Å². The maximum Gasteiger partial charge on any atom is 0.224 e. The third-order valence-corrected chi connectivity index (χ3v) is 6.04. The first-order valence-corrected chi connectivity index (χ1v) is 9.83. The van der Waals surface area contributed by atoms with Crippen molar-refractivity contribution in [2.24, 2.45) is 5.92 Å². The second-order valence-electron chi connectivity index (χ2n) is 6.60. The van der Waals surface area contributed by atoms with Crippen LogP contribution in [0, 0.1) is 5.92 Å². The Morgan fingerprint density at radius 1 is 1.22 bits per heavy atom. The SMILES string of the molecule is COc1ccc(CNC(=O)C2CC=CCC2c2nc3ccccc3s2)cn1. The van der Waals surface area contributed by atoms with Gasteiger partial charge in [-0.05, 0) is 30.5 Å². The second-order valence-corrected chi connectivity index (χ2v) is 7.66. The van der Waals surface area contributed by atoms with Crippen LogP contribution >= 0.6 is 11.3 Å². The van der Waals surface area contributed by atoms with Gasteiger partial charge in [-0.25, -0.2) is 9.97 Å². The number of hydrogen-bond donors (Lipinski definition) is 1. The zero-order chi connectivity index (χ0) is 18.6. The van der Waals surface area contributed by atoms with Crippen molar-refractivity contribution in [1.29, 1.82) is 0 Å². The van der Waals surface area contributed by atoms with Gasteiger partial charge < -0.3 is 10.1 Å². The van der Waals surface area contributed by atoms with Crippen molar-refractivity contribution in [2.75, 3.05) is 7.11 Å². The van der Waals surface area contributed by atoms with Crippen molar-refractivity contribution in [3.63, 3.8) is 0 Å². The van der Waals surface area contributed by atoms with Crippen LogP contribution in [0.15, 0.2) is 54.7 Å². The van der Waals surface area contributed by atoms with Crippen molar-refractivity contribution < 1.29 is 9.53 Å².